The van der Waals surface area contributed by atoms with Gasteiger partial charge >= 0.3 is 0 Å². The predicted molar refractivity (Wildman–Crippen MR) is 61.5 cm³/mol. The van der Waals surface area contributed by atoms with Crippen molar-refractivity contribution < 1.29 is 10.0 Å². The maximum Gasteiger partial charge on any atom is 0.273 e. The molecule has 0 bridgehead atoms. The number of hydrogen-bond acceptors (Lipinski definition) is 4. The highest BCUT2D eigenvalue weighted by atomic mass is 35.5. The second-order valence-corrected chi connectivity index (χ2v) is 3.93. The summed E-state index contributed by atoms with van der Waals surface area (Å²) in [5.74, 6) is 0. The van der Waals surface area contributed by atoms with Crippen LogP contribution in [0, 0.1) is 10.1 Å². The number of nitro benzene ring substituents is 1. The van der Waals surface area contributed by atoms with Crippen molar-refractivity contribution in [3.63, 3.8) is 0 Å². The van der Waals surface area contributed by atoms with Gasteiger partial charge in [-0.1, -0.05) is 11.6 Å². The van der Waals surface area contributed by atoms with E-state index in [1.54, 1.807) is 13.0 Å². The summed E-state index contributed by atoms with van der Waals surface area (Å²) in [7, 11) is 0. The summed E-state index contributed by atoms with van der Waals surface area (Å²) in [6.45, 7) is 2.07. The van der Waals surface area contributed by atoms with Gasteiger partial charge < -0.3 is 10.4 Å². The molecule has 0 aromatic heterocycles. The molecule has 0 unspecified atom stereocenters. The summed E-state index contributed by atoms with van der Waals surface area (Å²) in [6.07, 6.45) is 0. The Bertz CT molecular complexity index is 384. The molecular weight excluding hydrogens is 232 g/mol. The quantitative estimate of drug-likeness (QED) is 0.611. The maximum absolute atomic E-state index is 10.7. The Hall–Kier alpha value is -1.17. The van der Waals surface area contributed by atoms with Gasteiger partial charge in [-0.25, -0.2) is 0 Å². The topological polar surface area (TPSA) is 75.4 Å². The normalized spacial score (nSPS) is 12.4. The zero-order valence-electron chi connectivity index (χ0n) is 8.81. The van der Waals surface area contributed by atoms with Crippen molar-refractivity contribution >= 4 is 17.3 Å². The average molecular weight is 245 g/mol. The first-order valence-electron chi connectivity index (χ1n) is 4.81. The van der Waals surface area contributed by atoms with E-state index in [0.29, 0.717) is 17.1 Å². The van der Waals surface area contributed by atoms with Crippen molar-refractivity contribution in [3.05, 3.63) is 38.9 Å². The van der Waals surface area contributed by atoms with Crippen molar-refractivity contribution in [2.75, 3.05) is 6.61 Å². The van der Waals surface area contributed by atoms with Gasteiger partial charge in [-0.3, -0.25) is 10.1 Å². The molecule has 0 saturated carbocycles. The molecular formula is C10H13ClN2O3. The van der Waals surface area contributed by atoms with Crippen LogP contribution in [0.3, 0.4) is 0 Å². The lowest BCUT2D eigenvalue weighted by atomic mass is 10.1. The summed E-state index contributed by atoms with van der Waals surface area (Å²) in [5, 5.41) is 23.0. The Morgan fingerprint density at radius 3 is 2.88 bits per heavy atom. The van der Waals surface area contributed by atoms with Gasteiger partial charge in [-0.05, 0) is 19.1 Å². The maximum atomic E-state index is 10.7. The van der Waals surface area contributed by atoms with E-state index in [9.17, 15) is 10.1 Å². The number of halogens is 1. The summed E-state index contributed by atoms with van der Waals surface area (Å²) in [4.78, 5) is 10.3. The van der Waals surface area contributed by atoms with Gasteiger partial charge in [0.1, 0.15) is 0 Å². The second-order valence-electron chi connectivity index (χ2n) is 3.49. The van der Waals surface area contributed by atoms with Crippen LogP contribution in [0.1, 0.15) is 12.5 Å². The van der Waals surface area contributed by atoms with Crippen molar-refractivity contribution in [2.24, 2.45) is 0 Å². The minimum absolute atomic E-state index is 0.0195. The first kappa shape index (κ1) is 12.9. The van der Waals surface area contributed by atoms with Crippen LogP contribution in [0.4, 0.5) is 5.69 Å². The smallest absolute Gasteiger partial charge is 0.273 e. The molecule has 88 valence electrons. The van der Waals surface area contributed by atoms with E-state index in [-0.39, 0.29) is 18.3 Å². The highest BCUT2D eigenvalue weighted by Crippen LogP contribution is 2.22. The summed E-state index contributed by atoms with van der Waals surface area (Å²) in [5.41, 5.74) is 0.542. The van der Waals surface area contributed by atoms with Gasteiger partial charge in [0.2, 0.25) is 0 Å². The number of nitro groups is 1. The van der Waals surface area contributed by atoms with Gasteiger partial charge in [-0.15, -0.1) is 0 Å². The van der Waals surface area contributed by atoms with Crippen LogP contribution in [0.15, 0.2) is 18.2 Å². The fourth-order valence-corrected chi connectivity index (χ4v) is 1.42. The number of aliphatic hydroxyl groups excluding tert-OH is 1. The van der Waals surface area contributed by atoms with E-state index in [0.717, 1.165) is 0 Å². The summed E-state index contributed by atoms with van der Waals surface area (Å²) in [6, 6.07) is 4.30. The zero-order chi connectivity index (χ0) is 12.1. The van der Waals surface area contributed by atoms with Gasteiger partial charge in [0, 0.05) is 29.2 Å². The number of benzene rings is 1. The van der Waals surface area contributed by atoms with Crippen molar-refractivity contribution in [3.8, 4) is 0 Å². The monoisotopic (exact) mass is 244 g/mol. The molecule has 1 aromatic carbocycles. The minimum atomic E-state index is -0.447. The molecule has 6 heteroatoms. The van der Waals surface area contributed by atoms with Crippen LogP contribution in [-0.4, -0.2) is 22.7 Å². The molecule has 0 aliphatic carbocycles. The van der Waals surface area contributed by atoms with Crippen LogP contribution in [0.2, 0.25) is 5.02 Å². The first-order chi connectivity index (χ1) is 7.54. The Kier molecular flexibility index (Phi) is 4.67. The molecule has 0 fully saturated rings. The Balaban J connectivity index is 2.84. The van der Waals surface area contributed by atoms with Gasteiger partial charge in [0.05, 0.1) is 11.5 Å². The SMILES string of the molecule is C[C@H](CO)NCc1cc(Cl)ccc1[N+](=O)[O-]. The lowest BCUT2D eigenvalue weighted by Gasteiger charge is -2.10. The molecule has 1 rings (SSSR count). The third-order valence-corrected chi connectivity index (χ3v) is 2.39. The molecule has 1 atom stereocenters. The molecule has 0 spiro atoms. The standard InChI is InChI=1S/C10H13ClN2O3/c1-7(6-14)12-5-8-4-9(11)2-3-10(8)13(15)16/h2-4,7,12,14H,5-6H2,1H3/t7-/m1/s1. The Labute approximate surface area is 98.2 Å². The largest absolute Gasteiger partial charge is 0.395 e. The second kappa shape index (κ2) is 5.79. The van der Waals surface area contributed by atoms with Gasteiger partial charge in [-0.2, -0.15) is 0 Å². The van der Waals surface area contributed by atoms with E-state index in [2.05, 4.69) is 5.32 Å². The Morgan fingerprint density at radius 2 is 2.31 bits per heavy atom. The zero-order valence-corrected chi connectivity index (χ0v) is 9.57. The first-order valence-corrected chi connectivity index (χ1v) is 5.19. The summed E-state index contributed by atoms with van der Waals surface area (Å²) < 4.78 is 0. The molecule has 0 heterocycles. The number of nitrogens with zero attached hydrogens (tertiary/aromatic N) is 1. The molecule has 0 saturated heterocycles. The van der Waals surface area contributed by atoms with Crippen molar-refractivity contribution in [1.82, 2.24) is 5.32 Å². The van der Waals surface area contributed by atoms with E-state index in [1.165, 1.54) is 12.1 Å². The van der Waals surface area contributed by atoms with Gasteiger partial charge in [0.25, 0.3) is 5.69 Å². The minimum Gasteiger partial charge on any atom is -0.395 e. The number of nitrogens with one attached hydrogen (secondary N) is 1. The van der Waals surface area contributed by atoms with Crippen LogP contribution in [0.25, 0.3) is 0 Å². The molecule has 5 nitrogen and oxygen atoms in total. The fraction of sp³-hybridized carbons (Fsp3) is 0.400. The van der Waals surface area contributed by atoms with E-state index >= 15 is 0 Å². The highest BCUT2D eigenvalue weighted by molar-refractivity contribution is 6.30. The molecule has 1 aromatic rings. The molecule has 2 N–H and O–H groups in total. The third-order valence-electron chi connectivity index (χ3n) is 2.15. The van der Waals surface area contributed by atoms with Crippen LogP contribution >= 0.6 is 11.6 Å². The van der Waals surface area contributed by atoms with Crippen molar-refractivity contribution in [1.29, 1.82) is 0 Å². The lowest BCUT2D eigenvalue weighted by Crippen LogP contribution is -2.28. The average Bonchev–Trinajstić information content (AvgIpc) is 2.25. The van der Waals surface area contributed by atoms with E-state index in [4.69, 9.17) is 16.7 Å². The predicted octanol–water partition coefficient (Wildman–Crippen LogP) is 1.72. The highest BCUT2D eigenvalue weighted by Gasteiger charge is 2.14. The van der Waals surface area contributed by atoms with Gasteiger partial charge in [0.15, 0.2) is 0 Å². The number of rotatable bonds is 5. The number of aliphatic hydroxyl groups is 1. The molecule has 0 radical (unpaired) electrons. The fourth-order valence-electron chi connectivity index (χ4n) is 1.22. The van der Waals surface area contributed by atoms with Crippen LogP contribution in [-0.2, 0) is 6.54 Å². The molecule has 0 aliphatic rings. The number of hydrogen-bond donors (Lipinski definition) is 2. The van der Waals surface area contributed by atoms with Crippen LogP contribution in [0.5, 0.6) is 0 Å². The van der Waals surface area contributed by atoms with Crippen molar-refractivity contribution in [2.45, 2.75) is 19.5 Å². The van der Waals surface area contributed by atoms with Crippen LogP contribution < -0.4 is 5.32 Å². The van der Waals surface area contributed by atoms with E-state index in [1.807, 2.05) is 0 Å². The van der Waals surface area contributed by atoms with E-state index < -0.39 is 4.92 Å². The Morgan fingerprint density at radius 1 is 1.62 bits per heavy atom. The molecule has 0 aliphatic heterocycles. The third kappa shape index (κ3) is 3.44. The molecule has 16 heavy (non-hydrogen) atoms. The lowest BCUT2D eigenvalue weighted by molar-refractivity contribution is -0.385. The molecule has 0 amide bonds. The summed E-state index contributed by atoms with van der Waals surface area (Å²) >= 11 is 5.77.